The quantitative estimate of drug-likeness (QED) is 0.434. The molecular weight excluding hydrogens is 307 g/mol. The minimum atomic E-state index is -4.57. The largest absolute Gasteiger partial charge is 0.480 e. The van der Waals surface area contributed by atoms with Gasteiger partial charge < -0.3 is 20.2 Å². The summed E-state index contributed by atoms with van der Waals surface area (Å²) < 4.78 is 10.6. The zero-order valence-corrected chi connectivity index (χ0v) is 11.9. The van der Waals surface area contributed by atoms with E-state index in [0.717, 1.165) is 0 Å². The van der Waals surface area contributed by atoms with Crippen LogP contribution in [0.15, 0.2) is 0 Å². The molecule has 0 aliphatic carbocycles. The van der Waals surface area contributed by atoms with Crippen molar-refractivity contribution in [3.63, 3.8) is 0 Å². The molecule has 2 atom stereocenters. The van der Waals surface area contributed by atoms with Gasteiger partial charge in [0.15, 0.2) is 0 Å². The van der Waals surface area contributed by atoms with E-state index in [4.69, 9.17) is 14.9 Å². The molecule has 11 heteroatoms. The highest BCUT2D eigenvalue weighted by Gasteiger charge is 2.42. The van der Waals surface area contributed by atoms with Gasteiger partial charge in [-0.15, -0.1) is 0 Å². The number of carboxylic acid groups (broad SMARTS) is 1. The molecule has 3 amide bonds. The molecule has 1 saturated heterocycles. The summed E-state index contributed by atoms with van der Waals surface area (Å²) >= 11 is 0. The first kappa shape index (κ1) is 17.3. The molecule has 118 valence electrons. The number of carbonyl (C=O) groups is 4. The predicted octanol–water partition coefficient (Wildman–Crippen LogP) is -1.73. The van der Waals surface area contributed by atoms with Crippen molar-refractivity contribution in [1.82, 2.24) is 10.2 Å². The maximum Gasteiger partial charge on any atom is 0.334 e. The van der Waals surface area contributed by atoms with Crippen LogP contribution >= 0.6 is 7.60 Å². The van der Waals surface area contributed by atoms with Gasteiger partial charge in [0.25, 0.3) is 5.91 Å². The van der Waals surface area contributed by atoms with E-state index in [1.807, 2.05) is 5.32 Å². The Morgan fingerprint density at radius 3 is 2.48 bits per heavy atom. The number of rotatable bonds is 5. The predicted molar refractivity (Wildman–Crippen MR) is 67.0 cm³/mol. The topological polar surface area (TPSA) is 161 Å². The van der Waals surface area contributed by atoms with Crippen LogP contribution in [0.5, 0.6) is 0 Å². The summed E-state index contributed by atoms with van der Waals surface area (Å²) in [5.41, 5.74) is 0. The summed E-state index contributed by atoms with van der Waals surface area (Å²) in [5.74, 6) is -3.99. The molecule has 0 bridgehead atoms. The number of nitrogens with one attached hydrogen (secondary N) is 1. The third-order valence-electron chi connectivity index (χ3n) is 2.83. The van der Waals surface area contributed by atoms with Crippen LogP contribution in [-0.4, -0.2) is 61.7 Å². The normalized spacial score (nSPS) is 20.2. The van der Waals surface area contributed by atoms with Gasteiger partial charge in [-0.05, 0) is 13.3 Å². The SMILES string of the molecule is C[C@H](NC(=O)CP(=O)(O)O)C(=O)N1C(=O)CC[C@H]1C(=O)O. The van der Waals surface area contributed by atoms with Crippen molar-refractivity contribution in [3.8, 4) is 0 Å². The number of likely N-dealkylation sites (tertiary alicyclic amines) is 1. The third-order valence-corrected chi connectivity index (χ3v) is 3.53. The van der Waals surface area contributed by atoms with Crippen molar-refractivity contribution in [2.24, 2.45) is 0 Å². The van der Waals surface area contributed by atoms with Crippen LogP contribution in [0.4, 0.5) is 0 Å². The second kappa shape index (κ2) is 6.33. The summed E-state index contributed by atoms with van der Waals surface area (Å²) in [4.78, 5) is 63.6. The van der Waals surface area contributed by atoms with E-state index < -0.39 is 49.5 Å². The number of hydrogen-bond donors (Lipinski definition) is 4. The van der Waals surface area contributed by atoms with Gasteiger partial charge in [0, 0.05) is 6.42 Å². The molecule has 10 nitrogen and oxygen atoms in total. The molecule has 0 aromatic rings. The zero-order valence-electron chi connectivity index (χ0n) is 11.1. The molecule has 1 rings (SSSR count). The molecule has 0 spiro atoms. The van der Waals surface area contributed by atoms with Crippen molar-refractivity contribution in [2.45, 2.75) is 31.8 Å². The van der Waals surface area contributed by atoms with Crippen molar-refractivity contribution >= 4 is 31.3 Å². The van der Waals surface area contributed by atoms with Crippen molar-refractivity contribution in [2.75, 3.05) is 6.16 Å². The molecule has 1 aliphatic heterocycles. The average Bonchev–Trinajstić information content (AvgIpc) is 2.67. The van der Waals surface area contributed by atoms with Gasteiger partial charge in [0.2, 0.25) is 11.8 Å². The number of amides is 3. The molecular formula is C10H15N2O8P. The second-order valence-electron chi connectivity index (χ2n) is 4.61. The molecule has 0 saturated carbocycles. The third kappa shape index (κ3) is 4.62. The molecule has 21 heavy (non-hydrogen) atoms. The standard InChI is InChI=1S/C10H15N2O8P/c1-5(11-7(13)4-21(18,19)20)9(15)12-6(10(16)17)2-3-8(12)14/h5-6H,2-4H2,1H3,(H,11,13)(H,16,17)(H2,18,19,20)/t5-,6-/m0/s1. The van der Waals surface area contributed by atoms with Gasteiger partial charge in [-0.2, -0.15) is 0 Å². The monoisotopic (exact) mass is 322 g/mol. The van der Waals surface area contributed by atoms with E-state index in [1.165, 1.54) is 6.92 Å². The van der Waals surface area contributed by atoms with Gasteiger partial charge in [-0.1, -0.05) is 0 Å². The van der Waals surface area contributed by atoms with Crippen LogP contribution < -0.4 is 5.32 Å². The maximum atomic E-state index is 12.0. The van der Waals surface area contributed by atoms with Crippen LogP contribution in [-0.2, 0) is 23.7 Å². The Bertz CT molecular complexity index is 527. The molecule has 4 N–H and O–H groups in total. The first-order valence-electron chi connectivity index (χ1n) is 5.95. The number of carboxylic acids is 1. The Balaban J connectivity index is 2.73. The molecule has 1 aliphatic rings. The molecule has 1 heterocycles. The first-order valence-corrected chi connectivity index (χ1v) is 7.75. The highest BCUT2D eigenvalue weighted by atomic mass is 31.2. The highest BCUT2D eigenvalue weighted by molar-refractivity contribution is 7.52. The Hall–Kier alpha value is -1.77. The minimum absolute atomic E-state index is 0.0109. The van der Waals surface area contributed by atoms with Crippen LogP contribution in [0.25, 0.3) is 0 Å². The Morgan fingerprint density at radius 1 is 1.43 bits per heavy atom. The number of carbonyl (C=O) groups excluding carboxylic acids is 3. The Labute approximate surface area is 119 Å². The Morgan fingerprint density at radius 2 is 2.00 bits per heavy atom. The van der Waals surface area contributed by atoms with Crippen molar-refractivity contribution < 1.29 is 38.6 Å². The van der Waals surface area contributed by atoms with E-state index in [2.05, 4.69) is 0 Å². The van der Waals surface area contributed by atoms with Crippen molar-refractivity contribution in [3.05, 3.63) is 0 Å². The van der Waals surface area contributed by atoms with E-state index in [0.29, 0.717) is 4.90 Å². The summed E-state index contributed by atoms with van der Waals surface area (Å²) in [6.07, 6.45) is -1.20. The summed E-state index contributed by atoms with van der Waals surface area (Å²) in [6.45, 7) is 1.20. The van der Waals surface area contributed by atoms with Gasteiger partial charge in [-0.25, -0.2) is 4.79 Å². The number of imide groups is 1. The van der Waals surface area contributed by atoms with E-state index in [-0.39, 0.29) is 12.8 Å². The lowest BCUT2D eigenvalue weighted by atomic mass is 10.2. The van der Waals surface area contributed by atoms with Gasteiger partial charge >= 0.3 is 13.6 Å². The maximum absolute atomic E-state index is 12.0. The molecule has 1 fully saturated rings. The van der Waals surface area contributed by atoms with Gasteiger partial charge in [0.05, 0.1) is 0 Å². The van der Waals surface area contributed by atoms with Crippen LogP contribution in [0.3, 0.4) is 0 Å². The van der Waals surface area contributed by atoms with E-state index >= 15 is 0 Å². The Kier molecular flexibility index (Phi) is 5.21. The highest BCUT2D eigenvalue weighted by Crippen LogP contribution is 2.33. The lowest BCUT2D eigenvalue weighted by Gasteiger charge is -2.23. The van der Waals surface area contributed by atoms with Crippen LogP contribution in [0, 0.1) is 0 Å². The fraction of sp³-hybridized carbons (Fsp3) is 0.600. The van der Waals surface area contributed by atoms with E-state index in [1.54, 1.807) is 0 Å². The number of hydrogen-bond acceptors (Lipinski definition) is 5. The number of aliphatic carboxylic acids is 1. The van der Waals surface area contributed by atoms with Crippen LogP contribution in [0.1, 0.15) is 19.8 Å². The molecule has 0 aromatic heterocycles. The average molecular weight is 322 g/mol. The smallest absolute Gasteiger partial charge is 0.334 e. The first-order chi connectivity index (χ1) is 9.53. The van der Waals surface area contributed by atoms with Gasteiger partial charge in [-0.3, -0.25) is 23.8 Å². The van der Waals surface area contributed by atoms with E-state index in [9.17, 15) is 23.7 Å². The molecule has 0 aromatic carbocycles. The van der Waals surface area contributed by atoms with Crippen molar-refractivity contribution in [1.29, 1.82) is 0 Å². The fourth-order valence-electron chi connectivity index (χ4n) is 1.94. The number of nitrogens with zero attached hydrogens (tertiary/aromatic N) is 1. The summed E-state index contributed by atoms with van der Waals surface area (Å²) in [7, 11) is -4.57. The fourth-order valence-corrected chi connectivity index (χ4v) is 2.40. The zero-order chi connectivity index (χ0) is 16.4. The lowest BCUT2D eigenvalue weighted by molar-refractivity contribution is -0.155. The summed E-state index contributed by atoms with van der Waals surface area (Å²) in [5, 5.41) is 11.0. The van der Waals surface area contributed by atoms with Gasteiger partial charge in [0.1, 0.15) is 18.2 Å². The van der Waals surface area contributed by atoms with Crippen LogP contribution in [0.2, 0.25) is 0 Å². The summed E-state index contributed by atoms with van der Waals surface area (Å²) in [6, 6.07) is -2.56. The molecule has 0 unspecified atom stereocenters. The minimum Gasteiger partial charge on any atom is -0.480 e. The lowest BCUT2D eigenvalue weighted by Crippen LogP contribution is -2.52. The molecule has 0 radical (unpaired) electrons. The second-order valence-corrected chi connectivity index (χ2v) is 6.25.